The molecule has 0 aliphatic rings. The van der Waals surface area contributed by atoms with Crippen molar-refractivity contribution in [2.75, 3.05) is 65.9 Å². The van der Waals surface area contributed by atoms with Crippen molar-refractivity contribution in [2.24, 2.45) is 5.11 Å². The van der Waals surface area contributed by atoms with E-state index in [1.807, 2.05) is 20.8 Å². The summed E-state index contributed by atoms with van der Waals surface area (Å²) in [4.78, 5) is 26.4. The van der Waals surface area contributed by atoms with Crippen molar-refractivity contribution in [3.05, 3.63) is 10.4 Å². The van der Waals surface area contributed by atoms with E-state index in [0.717, 1.165) is 0 Å². The maximum atomic E-state index is 12.0. The summed E-state index contributed by atoms with van der Waals surface area (Å²) in [6, 6.07) is 0.627. The fourth-order valence-electron chi connectivity index (χ4n) is 2.67. The highest BCUT2D eigenvalue weighted by atomic mass is 28.4. The van der Waals surface area contributed by atoms with Crippen LogP contribution in [0.15, 0.2) is 5.11 Å². The molecule has 0 aromatic heterocycles. The summed E-state index contributed by atoms with van der Waals surface area (Å²) in [5.41, 5.74) is 8.11. The molecular weight excluding hydrogens is 438 g/mol. The molecule has 0 fully saturated rings. The summed E-state index contributed by atoms with van der Waals surface area (Å²) in [6.45, 7) is 9.87. The largest absolute Gasteiger partial charge is 0.500 e. The summed E-state index contributed by atoms with van der Waals surface area (Å²) in [5.74, 6) is -0.379. The highest BCUT2D eigenvalue weighted by Gasteiger charge is 2.39. The number of rotatable bonds is 22. The minimum Gasteiger partial charge on any atom is -0.379 e. The third-order valence-electron chi connectivity index (χ3n) is 3.99. The van der Waals surface area contributed by atoms with Gasteiger partial charge in [-0.25, -0.2) is 0 Å². The zero-order valence-electron chi connectivity index (χ0n) is 19.6. The topological polar surface area (TPSA) is 153 Å². The summed E-state index contributed by atoms with van der Waals surface area (Å²) in [5, 5.41) is 8.86. The number of carbonyl (C=O) groups is 2. The first-order valence-corrected chi connectivity index (χ1v) is 13.1. The molecule has 32 heavy (non-hydrogen) atoms. The molecule has 0 bridgehead atoms. The van der Waals surface area contributed by atoms with E-state index in [0.29, 0.717) is 71.8 Å². The van der Waals surface area contributed by atoms with Crippen LogP contribution in [0.5, 0.6) is 0 Å². The van der Waals surface area contributed by atoms with E-state index in [9.17, 15) is 9.59 Å². The molecule has 0 unspecified atom stereocenters. The minimum atomic E-state index is -2.69. The van der Waals surface area contributed by atoms with E-state index in [1.165, 1.54) is 0 Å². The average Bonchev–Trinajstić information content (AvgIpc) is 2.77. The van der Waals surface area contributed by atoms with Gasteiger partial charge in [0.25, 0.3) is 0 Å². The molecule has 0 spiro atoms. The van der Waals surface area contributed by atoms with Crippen molar-refractivity contribution in [1.29, 1.82) is 0 Å². The summed E-state index contributed by atoms with van der Waals surface area (Å²) in [7, 11) is -2.69. The SMILES string of the molecule is CCO[Si](CCCNC(=O)CCC(=O)NCCOCCOCCN=[N+]=[N-])(OCC)OCC. The van der Waals surface area contributed by atoms with Gasteiger partial charge in [0, 0.05) is 63.3 Å². The van der Waals surface area contributed by atoms with Gasteiger partial charge < -0.3 is 33.4 Å². The van der Waals surface area contributed by atoms with Crippen molar-refractivity contribution in [3.8, 4) is 0 Å². The van der Waals surface area contributed by atoms with Gasteiger partial charge in [-0.05, 0) is 32.7 Å². The lowest BCUT2D eigenvalue weighted by Crippen LogP contribution is -2.46. The molecular formula is C19H39N5O7Si. The van der Waals surface area contributed by atoms with Gasteiger partial charge >= 0.3 is 8.80 Å². The van der Waals surface area contributed by atoms with Crippen molar-refractivity contribution < 1.29 is 32.3 Å². The highest BCUT2D eigenvalue weighted by molar-refractivity contribution is 6.60. The molecule has 0 aromatic rings. The minimum absolute atomic E-state index is 0.115. The standard InChI is InChI=1S/C19H39N5O7Si/c1-4-29-32(30-5-2,31-6-3)17-7-10-21-18(25)8-9-19(26)22-11-13-27-15-16-28-14-12-23-24-20/h4-17H2,1-3H3,(H,21,25)(H,22,26). The lowest BCUT2D eigenvalue weighted by atomic mass is 10.2. The second-order valence-electron chi connectivity index (χ2n) is 6.46. The Morgan fingerprint density at radius 1 is 0.844 bits per heavy atom. The summed E-state index contributed by atoms with van der Waals surface area (Å²) >= 11 is 0. The van der Waals surface area contributed by atoms with Crippen LogP contribution in [-0.4, -0.2) is 86.5 Å². The molecule has 0 aromatic carbocycles. The summed E-state index contributed by atoms with van der Waals surface area (Å²) in [6.07, 6.45) is 0.914. The Bertz CT molecular complexity index is 533. The van der Waals surface area contributed by atoms with Gasteiger partial charge in [-0.1, -0.05) is 5.11 Å². The molecule has 186 valence electrons. The number of ether oxygens (including phenoxy) is 2. The van der Waals surface area contributed by atoms with Crippen molar-refractivity contribution in [3.63, 3.8) is 0 Å². The van der Waals surface area contributed by atoms with Crippen LogP contribution in [0.4, 0.5) is 0 Å². The maximum absolute atomic E-state index is 12.0. The summed E-state index contributed by atoms with van der Waals surface area (Å²) < 4.78 is 27.8. The lowest BCUT2D eigenvalue weighted by Gasteiger charge is -2.28. The molecule has 0 atom stereocenters. The molecule has 13 heteroatoms. The van der Waals surface area contributed by atoms with Gasteiger partial charge in [0.15, 0.2) is 0 Å². The Labute approximate surface area is 191 Å². The molecule has 12 nitrogen and oxygen atoms in total. The maximum Gasteiger partial charge on any atom is 0.500 e. The molecule has 0 saturated carbocycles. The molecule has 0 aliphatic carbocycles. The number of amides is 2. The Morgan fingerprint density at radius 2 is 1.38 bits per heavy atom. The van der Waals surface area contributed by atoms with Gasteiger partial charge in [-0.3, -0.25) is 9.59 Å². The molecule has 0 saturated heterocycles. The van der Waals surface area contributed by atoms with Crippen LogP contribution in [-0.2, 0) is 32.3 Å². The molecule has 0 radical (unpaired) electrons. The van der Waals surface area contributed by atoms with Gasteiger partial charge in [0.05, 0.1) is 26.4 Å². The van der Waals surface area contributed by atoms with E-state index < -0.39 is 8.80 Å². The van der Waals surface area contributed by atoms with Gasteiger partial charge in [0.2, 0.25) is 11.8 Å². The van der Waals surface area contributed by atoms with E-state index in [4.69, 9.17) is 28.3 Å². The third kappa shape index (κ3) is 16.9. The molecule has 0 rings (SSSR count). The average molecular weight is 478 g/mol. The number of nitrogens with one attached hydrogen (secondary N) is 2. The number of nitrogens with zero attached hydrogens (tertiary/aromatic N) is 3. The van der Waals surface area contributed by atoms with Crippen LogP contribution in [0.2, 0.25) is 6.04 Å². The van der Waals surface area contributed by atoms with Crippen LogP contribution in [0.25, 0.3) is 10.4 Å². The Kier molecular flexibility index (Phi) is 20.0. The molecule has 0 heterocycles. The van der Waals surface area contributed by atoms with Crippen molar-refractivity contribution in [1.82, 2.24) is 10.6 Å². The number of hydrogen-bond acceptors (Lipinski definition) is 8. The van der Waals surface area contributed by atoms with E-state index in [-0.39, 0.29) is 31.2 Å². The lowest BCUT2D eigenvalue weighted by molar-refractivity contribution is -0.126. The van der Waals surface area contributed by atoms with Crippen LogP contribution in [0.1, 0.15) is 40.0 Å². The quantitative estimate of drug-likeness (QED) is 0.0792. The van der Waals surface area contributed by atoms with Crippen molar-refractivity contribution in [2.45, 2.75) is 46.1 Å². The fraction of sp³-hybridized carbons (Fsp3) is 0.895. The predicted octanol–water partition coefficient (Wildman–Crippen LogP) is 1.78. The van der Waals surface area contributed by atoms with Gasteiger partial charge in [-0.2, -0.15) is 0 Å². The zero-order valence-corrected chi connectivity index (χ0v) is 20.6. The van der Waals surface area contributed by atoms with Crippen LogP contribution in [0, 0.1) is 0 Å². The van der Waals surface area contributed by atoms with Crippen LogP contribution >= 0.6 is 0 Å². The van der Waals surface area contributed by atoms with Gasteiger partial charge in [-0.15, -0.1) is 0 Å². The fourth-order valence-corrected chi connectivity index (χ4v) is 5.28. The van der Waals surface area contributed by atoms with E-state index in [2.05, 4.69) is 20.7 Å². The first-order valence-electron chi connectivity index (χ1n) is 11.1. The number of azide groups is 1. The van der Waals surface area contributed by atoms with Gasteiger partial charge in [0.1, 0.15) is 0 Å². The Hall–Kier alpha value is -1.73. The van der Waals surface area contributed by atoms with Crippen molar-refractivity contribution >= 4 is 20.6 Å². The second-order valence-corrected chi connectivity index (χ2v) is 9.20. The number of carbonyl (C=O) groups excluding carboxylic acids is 2. The second kappa shape index (κ2) is 21.1. The molecule has 0 aliphatic heterocycles. The predicted molar refractivity (Wildman–Crippen MR) is 121 cm³/mol. The zero-order chi connectivity index (χ0) is 23.9. The Balaban J connectivity index is 3.79. The van der Waals surface area contributed by atoms with E-state index in [1.54, 1.807) is 0 Å². The first kappa shape index (κ1) is 30.3. The normalized spacial score (nSPS) is 11.1. The highest BCUT2D eigenvalue weighted by Crippen LogP contribution is 2.17. The molecule has 2 N–H and O–H groups in total. The smallest absolute Gasteiger partial charge is 0.379 e. The first-order chi connectivity index (χ1) is 15.5. The third-order valence-corrected chi connectivity index (χ3v) is 7.14. The Morgan fingerprint density at radius 3 is 1.91 bits per heavy atom. The molecule has 2 amide bonds. The monoisotopic (exact) mass is 477 g/mol. The van der Waals surface area contributed by atoms with E-state index >= 15 is 0 Å². The van der Waals surface area contributed by atoms with Crippen LogP contribution in [0.3, 0.4) is 0 Å². The number of hydrogen-bond donors (Lipinski definition) is 2. The van der Waals surface area contributed by atoms with Crippen LogP contribution < -0.4 is 10.6 Å².